The van der Waals surface area contributed by atoms with Gasteiger partial charge in [0.25, 0.3) is 0 Å². The molecule has 1 heterocycles. The fourth-order valence-corrected chi connectivity index (χ4v) is 2.53. The smallest absolute Gasteiger partial charge is 0.324 e. The molecule has 4 nitrogen and oxygen atoms in total. The Kier molecular flexibility index (Phi) is 2.74. The van der Waals surface area contributed by atoms with Gasteiger partial charge in [-0.25, -0.2) is 0 Å². The lowest BCUT2D eigenvalue weighted by molar-refractivity contribution is -0.153. The lowest BCUT2D eigenvalue weighted by Gasteiger charge is -2.19. The van der Waals surface area contributed by atoms with Gasteiger partial charge in [-0.05, 0) is 41.5 Å². The van der Waals surface area contributed by atoms with Crippen molar-refractivity contribution < 1.29 is 19.1 Å². The van der Waals surface area contributed by atoms with Crippen LogP contribution in [0.4, 0.5) is 0 Å². The predicted molar refractivity (Wildman–Crippen MR) is 73.6 cm³/mol. The number of ether oxygens (including phenoxy) is 2. The van der Waals surface area contributed by atoms with Gasteiger partial charge in [-0.2, -0.15) is 0 Å². The van der Waals surface area contributed by atoms with Crippen LogP contribution in [0.25, 0.3) is 10.8 Å². The van der Waals surface area contributed by atoms with E-state index in [0.29, 0.717) is 0 Å². The molecule has 0 N–H and O–H groups in total. The van der Waals surface area contributed by atoms with E-state index in [0.717, 1.165) is 22.1 Å². The van der Waals surface area contributed by atoms with Crippen LogP contribution in [0.15, 0.2) is 36.4 Å². The molecular weight excluding hydrogens is 256 g/mol. The Morgan fingerprint density at radius 3 is 2.45 bits per heavy atom. The van der Waals surface area contributed by atoms with Gasteiger partial charge in [0.05, 0.1) is 13.5 Å². The molecule has 1 aliphatic rings. The van der Waals surface area contributed by atoms with Crippen LogP contribution in [0.2, 0.25) is 0 Å². The average molecular weight is 270 g/mol. The number of carbonyl (C=O) groups is 2. The topological polar surface area (TPSA) is 52.6 Å². The molecule has 0 bridgehead atoms. The summed E-state index contributed by atoms with van der Waals surface area (Å²) in [5.41, 5.74) is -0.0865. The van der Waals surface area contributed by atoms with Gasteiger partial charge in [-0.15, -0.1) is 0 Å². The zero-order valence-corrected chi connectivity index (χ0v) is 11.3. The van der Waals surface area contributed by atoms with Crippen LogP contribution >= 0.6 is 0 Å². The summed E-state index contributed by atoms with van der Waals surface area (Å²) in [7, 11) is 1.62. The fourth-order valence-electron chi connectivity index (χ4n) is 2.53. The molecule has 1 unspecified atom stereocenters. The second-order valence-corrected chi connectivity index (χ2v) is 5.20. The number of hydrogen-bond acceptors (Lipinski definition) is 4. The third kappa shape index (κ3) is 1.84. The maximum Gasteiger partial charge on any atom is 0.324 e. The summed E-state index contributed by atoms with van der Waals surface area (Å²) in [4.78, 5) is 23.2. The van der Waals surface area contributed by atoms with Gasteiger partial charge in [-0.3, -0.25) is 9.59 Å². The van der Waals surface area contributed by atoms with Crippen molar-refractivity contribution in [2.45, 2.75) is 18.8 Å². The zero-order chi connectivity index (χ0) is 14.3. The van der Waals surface area contributed by atoms with E-state index in [1.54, 1.807) is 14.0 Å². The van der Waals surface area contributed by atoms with Crippen molar-refractivity contribution in [2.75, 3.05) is 7.11 Å². The molecule has 3 rings (SSSR count). The largest absolute Gasteiger partial charge is 0.497 e. The summed E-state index contributed by atoms with van der Waals surface area (Å²) >= 11 is 0. The molecule has 0 aromatic heterocycles. The Morgan fingerprint density at radius 1 is 1.10 bits per heavy atom. The van der Waals surface area contributed by atoms with Crippen molar-refractivity contribution in [3.63, 3.8) is 0 Å². The average Bonchev–Trinajstić information content (AvgIpc) is 2.71. The summed E-state index contributed by atoms with van der Waals surface area (Å²) < 4.78 is 9.87. The lowest BCUT2D eigenvalue weighted by Crippen LogP contribution is -2.27. The first-order chi connectivity index (χ1) is 9.53. The number of cyclic esters (lactones) is 2. The van der Waals surface area contributed by atoms with Crippen molar-refractivity contribution in [2.24, 2.45) is 0 Å². The first-order valence-corrected chi connectivity index (χ1v) is 6.36. The van der Waals surface area contributed by atoms with E-state index >= 15 is 0 Å². The van der Waals surface area contributed by atoms with Crippen LogP contribution in [-0.2, 0) is 19.7 Å². The highest BCUT2D eigenvalue weighted by molar-refractivity contribution is 6.01. The summed E-state index contributed by atoms with van der Waals surface area (Å²) in [6.07, 6.45) is 0.0908. The van der Waals surface area contributed by atoms with Crippen LogP contribution < -0.4 is 4.74 Å². The molecule has 0 saturated carbocycles. The number of carbonyl (C=O) groups excluding carboxylic acids is 2. The lowest BCUT2D eigenvalue weighted by atomic mass is 9.80. The summed E-state index contributed by atoms with van der Waals surface area (Å²) in [5, 5.41) is 2.02. The maximum absolute atomic E-state index is 11.9. The van der Waals surface area contributed by atoms with Crippen molar-refractivity contribution in [1.29, 1.82) is 0 Å². The standard InChI is InChI=1S/C16H14O4/c1-16(9-14(17)20-15(16)18)12-5-3-11-8-13(19-2)6-4-10(11)7-12/h3-8H,9H2,1-2H3. The highest BCUT2D eigenvalue weighted by Gasteiger charge is 2.46. The van der Waals surface area contributed by atoms with Gasteiger partial charge in [-0.1, -0.05) is 18.2 Å². The molecule has 4 heteroatoms. The molecule has 1 atom stereocenters. The second-order valence-electron chi connectivity index (χ2n) is 5.20. The predicted octanol–water partition coefficient (Wildman–Crippen LogP) is 2.58. The van der Waals surface area contributed by atoms with E-state index in [1.807, 2.05) is 36.4 Å². The fraction of sp³-hybridized carbons (Fsp3) is 0.250. The van der Waals surface area contributed by atoms with Crippen molar-refractivity contribution in [3.8, 4) is 5.75 Å². The van der Waals surface area contributed by atoms with Gasteiger partial charge in [0.2, 0.25) is 0 Å². The summed E-state index contributed by atoms with van der Waals surface area (Å²) in [5.74, 6) is -0.158. The molecule has 1 fully saturated rings. The van der Waals surface area contributed by atoms with E-state index in [9.17, 15) is 9.59 Å². The Hall–Kier alpha value is -2.36. The first-order valence-electron chi connectivity index (χ1n) is 6.36. The van der Waals surface area contributed by atoms with E-state index in [4.69, 9.17) is 4.74 Å². The quantitative estimate of drug-likeness (QED) is 0.621. The van der Waals surface area contributed by atoms with Crippen molar-refractivity contribution in [3.05, 3.63) is 42.0 Å². The number of esters is 2. The summed E-state index contributed by atoms with van der Waals surface area (Å²) in [6.45, 7) is 1.74. The number of rotatable bonds is 2. The SMILES string of the molecule is COc1ccc2cc(C3(C)CC(=O)OC3=O)ccc2c1. The molecule has 2 aromatic carbocycles. The minimum atomic E-state index is -0.884. The number of hydrogen-bond donors (Lipinski definition) is 0. The van der Waals surface area contributed by atoms with Crippen LogP contribution in [0.5, 0.6) is 5.75 Å². The maximum atomic E-state index is 11.9. The normalized spacial score (nSPS) is 22.1. The first kappa shape index (κ1) is 12.7. The molecular formula is C16H14O4. The Bertz CT molecular complexity index is 719. The monoisotopic (exact) mass is 270 g/mol. The van der Waals surface area contributed by atoms with Crippen molar-refractivity contribution >= 4 is 22.7 Å². The molecule has 20 heavy (non-hydrogen) atoms. The van der Waals surface area contributed by atoms with Crippen LogP contribution in [0.1, 0.15) is 18.9 Å². The number of fused-ring (bicyclic) bond motifs is 1. The summed E-state index contributed by atoms with van der Waals surface area (Å²) in [6, 6.07) is 11.4. The highest BCUT2D eigenvalue weighted by Crippen LogP contribution is 2.36. The van der Waals surface area contributed by atoms with Gasteiger partial charge in [0.15, 0.2) is 0 Å². The third-order valence-corrected chi connectivity index (χ3v) is 3.84. The third-order valence-electron chi connectivity index (χ3n) is 3.84. The highest BCUT2D eigenvalue weighted by atomic mass is 16.6. The van der Waals surface area contributed by atoms with E-state index in [-0.39, 0.29) is 6.42 Å². The van der Waals surface area contributed by atoms with Crippen LogP contribution in [0, 0.1) is 0 Å². The number of methoxy groups -OCH3 is 1. The molecule has 0 aliphatic carbocycles. The minimum absolute atomic E-state index is 0.0908. The van der Waals surface area contributed by atoms with Gasteiger partial charge < -0.3 is 9.47 Å². The molecule has 1 saturated heterocycles. The second kappa shape index (κ2) is 4.34. The number of benzene rings is 2. The molecule has 0 amide bonds. The van der Waals surface area contributed by atoms with Gasteiger partial charge in [0, 0.05) is 0 Å². The van der Waals surface area contributed by atoms with Crippen LogP contribution in [-0.4, -0.2) is 19.0 Å². The Labute approximate surface area is 116 Å². The molecule has 2 aromatic rings. The zero-order valence-electron chi connectivity index (χ0n) is 11.3. The Morgan fingerprint density at radius 2 is 1.80 bits per heavy atom. The Balaban J connectivity index is 2.09. The van der Waals surface area contributed by atoms with Crippen LogP contribution in [0.3, 0.4) is 0 Å². The molecule has 0 spiro atoms. The minimum Gasteiger partial charge on any atom is -0.497 e. The van der Waals surface area contributed by atoms with Crippen molar-refractivity contribution in [1.82, 2.24) is 0 Å². The van der Waals surface area contributed by atoms with Gasteiger partial charge >= 0.3 is 11.9 Å². The van der Waals surface area contributed by atoms with E-state index in [2.05, 4.69) is 4.74 Å². The molecule has 1 aliphatic heterocycles. The van der Waals surface area contributed by atoms with E-state index in [1.165, 1.54) is 0 Å². The molecule has 102 valence electrons. The molecule has 0 radical (unpaired) electrons. The van der Waals surface area contributed by atoms with E-state index < -0.39 is 17.4 Å². The van der Waals surface area contributed by atoms with Gasteiger partial charge in [0.1, 0.15) is 11.2 Å².